The summed E-state index contributed by atoms with van der Waals surface area (Å²) in [6, 6.07) is -0.398. The van der Waals surface area contributed by atoms with Gasteiger partial charge in [-0.25, -0.2) is 0 Å². The van der Waals surface area contributed by atoms with Crippen LogP contribution in [0.2, 0.25) is 0 Å². The van der Waals surface area contributed by atoms with E-state index in [-0.39, 0.29) is 0 Å². The normalized spacial score (nSPS) is 39.6. The second kappa shape index (κ2) is 2.38. The van der Waals surface area contributed by atoms with Crippen LogP contribution in [0.25, 0.3) is 0 Å². The van der Waals surface area contributed by atoms with E-state index in [9.17, 15) is 5.11 Å². The van der Waals surface area contributed by atoms with Gasteiger partial charge in [-0.15, -0.1) is 0 Å². The maximum Gasteiger partial charge on any atom is 0.116 e. The molecule has 0 amide bonds. The van der Waals surface area contributed by atoms with Gasteiger partial charge in [-0.3, -0.25) is 0 Å². The first kappa shape index (κ1) is 7.79. The molecule has 1 rings (SSSR count). The molecule has 2 unspecified atom stereocenters. The Labute approximate surface area is 65.0 Å². The van der Waals surface area contributed by atoms with Crippen molar-refractivity contribution in [2.75, 3.05) is 0 Å². The minimum Gasteiger partial charge on any atom is -0.383 e. The van der Waals surface area contributed by atoms with Crippen LogP contribution in [0.5, 0.6) is 0 Å². The molecule has 0 heterocycles. The van der Waals surface area contributed by atoms with Crippen LogP contribution in [0.1, 0.15) is 6.92 Å². The molecule has 0 aromatic heterocycles. The third-order valence-corrected chi connectivity index (χ3v) is 2.20. The average Bonchev–Trinajstić information content (AvgIpc) is 1.84. The van der Waals surface area contributed by atoms with Gasteiger partial charge in [0.15, 0.2) is 0 Å². The molecule has 0 radical (unpaired) electrons. The summed E-state index contributed by atoms with van der Waals surface area (Å²) >= 11 is 5.68. The highest BCUT2D eigenvalue weighted by Crippen LogP contribution is 2.26. The summed E-state index contributed by atoms with van der Waals surface area (Å²) < 4.78 is 0. The third kappa shape index (κ3) is 1.10. The maximum atomic E-state index is 9.54. The molecule has 0 spiro atoms. The van der Waals surface area contributed by atoms with Gasteiger partial charge in [0, 0.05) is 0 Å². The highest BCUT2D eigenvalue weighted by atomic mass is 35.5. The average molecular weight is 160 g/mol. The van der Waals surface area contributed by atoms with Crippen molar-refractivity contribution in [3.8, 4) is 0 Å². The molecule has 2 nitrogen and oxygen atoms in total. The van der Waals surface area contributed by atoms with Gasteiger partial charge in [0.05, 0.1) is 11.1 Å². The summed E-state index contributed by atoms with van der Waals surface area (Å²) in [6.45, 7) is 1.60. The smallest absolute Gasteiger partial charge is 0.116 e. The first-order chi connectivity index (χ1) is 4.55. The van der Waals surface area contributed by atoms with Crippen molar-refractivity contribution in [1.82, 2.24) is 0 Å². The van der Waals surface area contributed by atoms with Crippen LogP contribution in [-0.4, -0.2) is 16.7 Å². The van der Waals surface area contributed by atoms with E-state index in [1.165, 1.54) is 0 Å². The molecule has 3 N–H and O–H groups in total. The highest BCUT2D eigenvalue weighted by Gasteiger charge is 2.31. The molecule has 0 saturated carbocycles. The van der Waals surface area contributed by atoms with E-state index in [0.717, 1.165) is 0 Å². The first-order valence-electron chi connectivity index (χ1n) is 3.07. The molecule has 2 atom stereocenters. The molecule has 56 valence electrons. The number of aliphatic hydroxyl groups is 1. The lowest BCUT2D eigenvalue weighted by Gasteiger charge is -2.29. The fourth-order valence-electron chi connectivity index (χ4n) is 0.775. The van der Waals surface area contributed by atoms with Gasteiger partial charge in [0.2, 0.25) is 0 Å². The van der Waals surface area contributed by atoms with E-state index < -0.39 is 11.6 Å². The zero-order valence-corrected chi connectivity index (χ0v) is 6.47. The molecule has 0 aromatic rings. The lowest BCUT2D eigenvalue weighted by Crippen LogP contribution is -2.45. The van der Waals surface area contributed by atoms with E-state index in [1.807, 2.05) is 0 Å². The summed E-state index contributed by atoms with van der Waals surface area (Å²) in [4.78, 5) is 0. The number of halogens is 1. The fraction of sp³-hybridized carbons (Fsp3) is 0.429. The van der Waals surface area contributed by atoms with Gasteiger partial charge in [0.25, 0.3) is 0 Å². The zero-order valence-electron chi connectivity index (χ0n) is 5.71. The van der Waals surface area contributed by atoms with Crippen LogP contribution >= 0.6 is 11.6 Å². The standard InChI is InChI=1S/C7H10ClNO/c1-7(10)5(8)3-2-4-6(7)9/h2-4,6,10H,9H2,1H3. The van der Waals surface area contributed by atoms with Crippen molar-refractivity contribution in [3.05, 3.63) is 23.3 Å². The summed E-state index contributed by atoms with van der Waals surface area (Å²) in [5, 5.41) is 9.93. The molecule has 0 saturated heterocycles. The number of allylic oxidation sites excluding steroid dienone is 2. The summed E-state index contributed by atoms with van der Waals surface area (Å²) in [5.41, 5.74) is 4.45. The quantitative estimate of drug-likeness (QED) is 0.548. The SMILES string of the molecule is CC1(O)C(Cl)=CC=CC1N. The van der Waals surface area contributed by atoms with Gasteiger partial charge in [-0.1, -0.05) is 23.8 Å². The monoisotopic (exact) mass is 159 g/mol. The second-order valence-corrected chi connectivity index (χ2v) is 2.98. The molecular formula is C7H10ClNO. The summed E-state index contributed by atoms with van der Waals surface area (Å²) in [5.74, 6) is 0. The topological polar surface area (TPSA) is 46.2 Å². The van der Waals surface area contributed by atoms with Gasteiger partial charge < -0.3 is 10.8 Å². The van der Waals surface area contributed by atoms with Crippen LogP contribution in [0, 0.1) is 0 Å². The summed E-state index contributed by atoms with van der Waals surface area (Å²) in [7, 11) is 0. The number of rotatable bonds is 0. The molecule has 1 aliphatic carbocycles. The molecule has 3 heteroatoms. The van der Waals surface area contributed by atoms with Crippen LogP contribution < -0.4 is 5.73 Å². The molecule has 1 aliphatic rings. The van der Waals surface area contributed by atoms with Crippen molar-refractivity contribution < 1.29 is 5.11 Å². The van der Waals surface area contributed by atoms with Crippen molar-refractivity contribution in [2.45, 2.75) is 18.6 Å². The third-order valence-electron chi connectivity index (χ3n) is 1.69. The van der Waals surface area contributed by atoms with Gasteiger partial charge in [0.1, 0.15) is 5.60 Å². The number of hydrogen-bond donors (Lipinski definition) is 2. The zero-order chi connectivity index (χ0) is 7.78. The van der Waals surface area contributed by atoms with Crippen LogP contribution in [-0.2, 0) is 0 Å². The van der Waals surface area contributed by atoms with E-state index in [1.54, 1.807) is 25.2 Å². The molecule has 10 heavy (non-hydrogen) atoms. The van der Waals surface area contributed by atoms with E-state index in [0.29, 0.717) is 5.03 Å². The number of hydrogen-bond acceptors (Lipinski definition) is 2. The highest BCUT2D eigenvalue weighted by molar-refractivity contribution is 6.31. The number of nitrogens with two attached hydrogens (primary N) is 1. The largest absolute Gasteiger partial charge is 0.383 e. The van der Waals surface area contributed by atoms with Crippen LogP contribution in [0.4, 0.5) is 0 Å². The Morgan fingerprint density at radius 2 is 2.40 bits per heavy atom. The fourth-order valence-corrected chi connectivity index (χ4v) is 0.974. The predicted octanol–water partition coefficient (Wildman–Crippen LogP) is 0.757. The minimum atomic E-state index is -1.09. The Kier molecular flexibility index (Phi) is 1.86. The Balaban J connectivity index is 2.93. The predicted molar refractivity (Wildman–Crippen MR) is 41.7 cm³/mol. The molecule has 0 bridgehead atoms. The lowest BCUT2D eigenvalue weighted by molar-refractivity contribution is 0.0915. The Morgan fingerprint density at radius 3 is 2.80 bits per heavy atom. The van der Waals surface area contributed by atoms with Crippen LogP contribution in [0.15, 0.2) is 23.3 Å². The van der Waals surface area contributed by atoms with Gasteiger partial charge in [-0.2, -0.15) is 0 Å². The van der Waals surface area contributed by atoms with Crippen molar-refractivity contribution >= 4 is 11.6 Å². The van der Waals surface area contributed by atoms with E-state index >= 15 is 0 Å². The molecule has 0 aromatic carbocycles. The Morgan fingerprint density at radius 1 is 1.80 bits per heavy atom. The van der Waals surface area contributed by atoms with Gasteiger partial charge in [-0.05, 0) is 13.0 Å². The molecule has 0 fully saturated rings. The maximum absolute atomic E-state index is 9.54. The van der Waals surface area contributed by atoms with E-state index in [2.05, 4.69) is 0 Å². The summed E-state index contributed by atoms with van der Waals surface area (Å²) in [6.07, 6.45) is 5.10. The lowest BCUT2D eigenvalue weighted by atomic mass is 9.93. The molecule has 0 aliphatic heterocycles. The molecular weight excluding hydrogens is 150 g/mol. The first-order valence-corrected chi connectivity index (χ1v) is 3.45. The minimum absolute atomic E-state index is 0.391. The Hall–Kier alpha value is -0.310. The van der Waals surface area contributed by atoms with Crippen molar-refractivity contribution in [3.63, 3.8) is 0 Å². The van der Waals surface area contributed by atoms with Crippen LogP contribution in [0.3, 0.4) is 0 Å². The second-order valence-electron chi connectivity index (χ2n) is 2.57. The van der Waals surface area contributed by atoms with Gasteiger partial charge >= 0.3 is 0 Å². The van der Waals surface area contributed by atoms with Crippen molar-refractivity contribution in [1.29, 1.82) is 0 Å². The van der Waals surface area contributed by atoms with Crippen molar-refractivity contribution in [2.24, 2.45) is 5.73 Å². The van der Waals surface area contributed by atoms with E-state index in [4.69, 9.17) is 17.3 Å². The Bertz CT molecular complexity index is 196.